The lowest BCUT2D eigenvalue weighted by atomic mass is 10.1. The van der Waals surface area contributed by atoms with Gasteiger partial charge in [0.2, 0.25) is 5.95 Å². The Morgan fingerprint density at radius 2 is 1.75 bits per heavy atom. The van der Waals surface area contributed by atoms with Gasteiger partial charge in [0.25, 0.3) is 0 Å². The van der Waals surface area contributed by atoms with Crippen LogP contribution in [0, 0.1) is 0 Å². The maximum Gasteiger partial charge on any atom is 0.436 e. The lowest BCUT2D eigenvalue weighted by Gasteiger charge is -2.08. The third-order valence-corrected chi connectivity index (χ3v) is 5.52. The second kappa shape index (κ2) is 9.50. The van der Waals surface area contributed by atoms with Crippen molar-refractivity contribution in [3.8, 4) is 11.8 Å². The van der Waals surface area contributed by atoms with E-state index in [1.807, 2.05) is 48.0 Å². The first-order valence-electron chi connectivity index (χ1n) is 10.7. The molecule has 5 rings (SSSR count). The van der Waals surface area contributed by atoms with Crippen LogP contribution in [0.1, 0.15) is 22.7 Å². The van der Waals surface area contributed by atoms with Crippen LogP contribution < -0.4 is 10.1 Å². The number of hydrogen-bond acceptors (Lipinski definition) is 7. The molecule has 2 aromatic carbocycles. The molecule has 0 atom stereocenters. The van der Waals surface area contributed by atoms with Gasteiger partial charge in [0.05, 0.1) is 28.4 Å². The first kappa shape index (κ1) is 23.6. The van der Waals surface area contributed by atoms with Crippen molar-refractivity contribution in [1.29, 1.82) is 0 Å². The minimum atomic E-state index is -4.53. The number of imidazole rings is 1. The normalized spacial score (nSPS) is 11.7. The van der Waals surface area contributed by atoms with Gasteiger partial charge in [0.1, 0.15) is 12.0 Å². The molecule has 0 bridgehead atoms. The van der Waals surface area contributed by atoms with Gasteiger partial charge in [-0.15, -0.1) is 0 Å². The molecule has 0 amide bonds. The minimum absolute atomic E-state index is 0.00255. The number of hydrogen-bond donors (Lipinski definition) is 1. The maximum atomic E-state index is 12.8. The van der Waals surface area contributed by atoms with E-state index in [1.165, 1.54) is 12.4 Å². The third kappa shape index (κ3) is 5.25. The summed E-state index contributed by atoms with van der Waals surface area (Å²) in [5, 5.41) is 3.73. The zero-order chi connectivity index (χ0) is 25.3. The summed E-state index contributed by atoms with van der Waals surface area (Å²) in [5.74, 6) is 1.23. The summed E-state index contributed by atoms with van der Waals surface area (Å²) in [5.41, 5.74) is 2.29. The summed E-state index contributed by atoms with van der Waals surface area (Å²) < 4.78 is 50.8. The molecule has 12 heteroatoms. The summed E-state index contributed by atoms with van der Waals surface area (Å²) >= 11 is 5.78. The summed E-state index contributed by atoms with van der Waals surface area (Å²) in [6.45, 7) is 0.512. The van der Waals surface area contributed by atoms with Crippen LogP contribution >= 0.6 is 11.6 Å². The number of benzene rings is 2. The fourth-order valence-electron chi connectivity index (χ4n) is 3.52. The van der Waals surface area contributed by atoms with Gasteiger partial charge in [-0.2, -0.15) is 13.2 Å². The highest BCUT2D eigenvalue weighted by atomic mass is 35.5. The van der Waals surface area contributed by atoms with Crippen LogP contribution in [0.25, 0.3) is 11.0 Å². The molecule has 0 unspecified atom stereocenters. The van der Waals surface area contributed by atoms with Crippen molar-refractivity contribution in [2.75, 3.05) is 5.32 Å². The third-order valence-electron chi connectivity index (χ3n) is 5.32. The Morgan fingerprint density at radius 3 is 2.44 bits per heavy atom. The van der Waals surface area contributed by atoms with Crippen LogP contribution in [0.15, 0.2) is 65.5 Å². The highest BCUT2D eigenvalue weighted by Gasteiger charge is 2.34. The van der Waals surface area contributed by atoms with E-state index >= 15 is 0 Å². The largest absolute Gasteiger partial charge is 0.448 e. The average Bonchev–Trinajstić information content (AvgIpc) is 3.45. The number of anilines is 1. The molecule has 0 aliphatic heterocycles. The molecule has 0 radical (unpaired) electrons. The molecule has 5 aromatic rings. The lowest BCUT2D eigenvalue weighted by Crippen LogP contribution is -2.05. The molecule has 0 fully saturated rings. The van der Waals surface area contributed by atoms with E-state index in [2.05, 4.69) is 25.3 Å². The van der Waals surface area contributed by atoms with Gasteiger partial charge >= 0.3 is 12.2 Å². The van der Waals surface area contributed by atoms with Crippen molar-refractivity contribution in [2.45, 2.75) is 19.1 Å². The Bertz CT molecular complexity index is 1500. The highest BCUT2D eigenvalue weighted by Crippen LogP contribution is 2.29. The number of fused-ring (bicyclic) bond motifs is 1. The molecular formula is C24H18ClF3N6O2. The number of rotatable bonds is 7. The second-order valence-electron chi connectivity index (χ2n) is 7.90. The Morgan fingerprint density at radius 1 is 1.03 bits per heavy atom. The van der Waals surface area contributed by atoms with E-state index in [1.54, 1.807) is 6.07 Å². The number of halogens is 4. The predicted octanol–water partition coefficient (Wildman–Crippen LogP) is 6.02. The first-order valence-corrected chi connectivity index (χ1v) is 11.1. The number of oxazole rings is 1. The number of nitrogens with one attached hydrogen (secondary N) is 1. The zero-order valence-electron chi connectivity index (χ0n) is 18.8. The van der Waals surface area contributed by atoms with Crippen molar-refractivity contribution < 1.29 is 22.3 Å². The summed E-state index contributed by atoms with van der Waals surface area (Å²) in [4.78, 5) is 16.1. The Balaban J connectivity index is 1.24. The second-order valence-corrected chi connectivity index (χ2v) is 8.34. The summed E-state index contributed by atoms with van der Waals surface area (Å²) in [6, 6.07) is 13.1. The number of ether oxygens (including phenoxy) is 1. The Labute approximate surface area is 207 Å². The van der Waals surface area contributed by atoms with Gasteiger partial charge in [-0.05, 0) is 35.4 Å². The molecule has 0 saturated carbocycles. The smallest absolute Gasteiger partial charge is 0.436 e. The molecule has 0 aliphatic carbocycles. The topological polar surface area (TPSA) is 90.9 Å². The minimum Gasteiger partial charge on any atom is -0.448 e. The van der Waals surface area contributed by atoms with Crippen LogP contribution in [0.4, 0.5) is 19.1 Å². The number of aryl methyl sites for hydroxylation is 1. The lowest BCUT2D eigenvalue weighted by molar-refractivity contribution is -0.141. The number of aromatic nitrogens is 5. The molecule has 36 heavy (non-hydrogen) atoms. The van der Waals surface area contributed by atoms with Crippen molar-refractivity contribution in [1.82, 2.24) is 24.5 Å². The summed E-state index contributed by atoms with van der Waals surface area (Å²) in [6.07, 6.45) is -0.856. The van der Waals surface area contributed by atoms with E-state index in [-0.39, 0.29) is 18.3 Å². The van der Waals surface area contributed by atoms with Gasteiger partial charge in [-0.25, -0.2) is 19.9 Å². The average molecular weight is 515 g/mol. The SMILES string of the molecule is Cn1c(NCc2ccc(Oc3ncc(Cl)cn3)cc2)nc2ccc(Cc3nc(C(F)(F)F)co3)cc21. The van der Waals surface area contributed by atoms with Gasteiger partial charge < -0.3 is 19.0 Å². The van der Waals surface area contributed by atoms with Crippen molar-refractivity contribution in [2.24, 2.45) is 7.05 Å². The molecule has 0 aliphatic rings. The van der Waals surface area contributed by atoms with E-state index in [0.29, 0.717) is 29.5 Å². The quantitative estimate of drug-likeness (QED) is 0.284. The molecular weight excluding hydrogens is 497 g/mol. The highest BCUT2D eigenvalue weighted by molar-refractivity contribution is 6.30. The first-order chi connectivity index (χ1) is 17.2. The Kier molecular flexibility index (Phi) is 6.23. The van der Waals surface area contributed by atoms with Crippen LogP contribution in [0.3, 0.4) is 0 Å². The molecule has 0 spiro atoms. The van der Waals surface area contributed by atoms with Crippen molar-refractivity contribution in [3.63, 3.8) is 0 Å². The zero-order valence-corrected chi connectivity index (χ0v) is 19.5. The predicted molar refractivity (Wildman–Crippen MR) is 126 cm³/mol. The van der Waals surface area contributed by atoms with Gasteiger partial charge in [0.15, 0.2) is 11.6 Å². The molecule has 3 aromatic heterocycles. The van der Waals surface area contributed by atoms with Gasteiger partial charge in [-0.1, -0.05) is 29.8 Å². The standard InChI is InChI=1S/C24H18ClF3N6O2/c1-34-19-8-15(9-21-33-20(13-35-21)24(26,27)28)4-7-18(19)32-22(34)29-10-14-2-5-17(6-3-14)36-23-30-11-16(25)12-31-23/h2-8,11-13H,9-10H2,1H3,(H,29,32). The fourth-order valence-corrected chi connectivity index (χ4v) is 3.61. The molecule has 3 heterocycles. The van der Waals surface area contributed by atoms with E-state index < -0.39 is 11.9 Å². The van der Waals surface area contributed by atoms with Gasteiger partial charge in [-0.3, -0.25) is 0 Å². The molecule has 8 nitrogen and oxygen atoms in total. The Hall–Kier alpha value is -4.12. The molecule has 1 N–H and O–H groups in total. The number of nitrogens with zero attached hydrogens (tertiary/aromatic N) is 5. The van der Waals surface area contributed by atoms with Crippen molar-refractivity contribution in [3.05, 3.63) is 88.9 Å². The van der Waals surface area contributed by atoms with Crippen LogP contribution in [-0.2, 0) is 26.2 Å². The van der Waals surface area contributed by atoms with Crippen LogP contribution in [0.5, 0.6) is 11.8 Å². The molecule has 0 saturated heterocycles. The van der Waals surface area contributed by atoms with Crippen LogP contribution in [0.2, 0.25) is 5.02 Å². The molecule has 184 valence electrons. The number of alkyl halides is 3. The van der Waals surface area contributed by atoms with Crippen LogP contribution in [-0.4, -0.2) is 24.5 Å². The maximum absolute atomic E-state index is 12.8. The van der Waals surface area contributed by atoms with E-state index in [9.17, 15) is 13.2 Å². The van der Waals surface area contributed by atoms with Gasteiger partial charge in [0, 0.05) is 20.0 Å². The van der Waals surface area contributed by atoms with E-state index in [0.717, 1.165) is 22.2 Å². The fraction of sp³-hybridized carbons (Fsp3) is 0.167. The monoisotopic (exact) mass is 514 g/mol. The summed E-state index contributed by atoms with van der Waals surface area (Å²) in [7, 11) is 1.86. The van der Waals surface area contributed by atoms with Crippen molar-refractivity contribution >= 4 is 28.6 Å². The van der Waals surface area contributed by atoms with E-state index in [4.69, 9.17) is 20.8 Å².